The Labute approximate surface area is 133 Å². The van der Waals surface area contributed by atoms with Crippen LogP contribution in [-0.4, -0.2) is 10.6 Å². The lowest BCUT2D eigenvalue weighted by Crippen LogP contribution is -2.19. The normalized spacial score (nSPS) is 10.9. The lowest BCUT2D eigenvalue weighted by molar-refractivity contribution is 0.253. The molecule has 0 unspecified atom stereocenters. The zero-order valence-electron chi connectivity index (χ0n) is 11.5. The van der Waals surface area contributed by atoms with Crippen LogP contribution in [0.3, 0.4) is 0 Å². The van der Waals surface area contributed by atoms with Gasteiger partial charge in [0.05, 0.1) is 0 Å². The fourth-order valence-electron chi connectivity index (χ4n) is 2.21. The van der Waals surface area contributed by atoms with Crippen LogP contribution in [0.25, 0.3) is 10.8 Å². The molecule has 3 rings (SSSR count). The molecule has 1 amide bonds. The van der Waals surface area contributed by atoms with Crippen LogP contribution in [0.15, 0.2) is 47.2 Å². The van der Waals surface area contributed by atoms with Crippen LogP contribution in [-0.2, 0) is 0 Å². The van der Waals surface area contributed by atoms with E-state index in [0.29, 0.717) is 0 Å². The average molecular weight is 365 g/mol. The molecule has 6 heteroatoms. The molecule has 1 N–H and O–H groups in total. The molecule has 3 aromatic rings. The zero-order valence-corrected chi connectivity index (χ0v) is 13.1. The van der Waals surface area contributed by atoms with Gasteiger partial charge in [-0.2, -0.15) is 0 Å². The van der Waals surface area contributed by atoms with Crippen molar-refractivity contribution in [2.24, 2.45) is 0 Å². The maximum atomic E-state index is 13.8. The summed E-state index contributed by atoms with van der Waals surface area (Å²) < 4.78 is 29.0. The predicted molar refractivity (Wildman–Crippen MR) is 85.1 cm³/mol. The van der Waals surface area contributed by atoms with Crippen LogP contribution in [0.2, 0.25) is 0 Å². The molecule has 0 aliphatic carbocycles. The van der Waals surface area contributed by atoms with Gasteiger partial charge in [0.25, 0.3) is 0 Å². The van der Waals surface area contributed by atoms with E-state index in [4.69, 9.17) is 0 Å². The number of rotatable bonds is 1. The number of nitrogens with one attached hydrogen (secondary N) is 1. The van der Waals surface area contributed by atoms with Crippen molar-refractivity contribution >= 4 is 38.4 Å². The van der Waals surface area contributed by atoms with E-state index in [1.165, 1.54) is 4.57 Å². The van der Waals surface area contributed by atoms with Crippen LogP contribution in [0, 0.1) is 18.6 Å². The Kier molecular flexibility index (Phi) is 3.70. The van der Waals surface area contributed by atoms with Gasteiger partial charge in [0.15, 0.2) is 11.6 Å². The molecule has 2 aromatic carbocycles. The minimum atomic E-state index is -0.840. The molecule has 0 atom stereocenters. The first-order valence-corrected chi connectivity index (χ1v) is 7.27. The number of hydrogen-bond acceptors (Lipinski definition) is 1. The molecule has 22 heavy (non-hydrogen) atoms. The second-order valence-corrected chi connectivity index (χ2v) is 5.89. The molecule has 0 radical (unpaired) electrons. The van der Waals surface area contributed by atoms with Crippen LogP contribution in [0.4, 0.5) is 19.3 Å². The van der Waals surface area contributed by atoms with Gasteiger partial charge >= 0.3 is 6.03 Å². The zero-order chi connectivity index (χ0) is 15.9. The number of aromatic nitrogens is 1. The Morgan fingerprint density at radius 1 is 1.09 bits per heavy atom. The monoisotopic (exact) mass is 364 g/mol. The second kappa shape index (κ2) is 5.53. The number of amides is 1. The van der Waals surface area contributed by atoms with Gasteiger partial charge in [-0.05, 0) is 30.5 Å². The Morgan fingerprint density at radius 2 is 1.73 bits per heavy atom. The van der Waals surface area contributed by atoms with E-state index in [-0.39, 0.29) is 4.47 Å². The Bertz CT molecular complexity index is 866. The molecule has 0 saturated heterocycles. The average Bonchev–Trinajstić information content (AvgIpc) is 2.85. The number of aryl methyl sites for hydroxylation is 1. The summed E-state index contributed by atoms with van der Waals surface area (Å²) in [5, 5.41) is 4.00. The first-order chi connectivity index (χ1) is 10.4. The van der Waals surface area contributed by atoms with E-state index in [2.05, 4.69) is 21.2 Å². The molecule has 112 valence electrons. The van der Waals surface area contributed by atoms with E-state index >= 15 is 0 Å². The lowest BCUT2D eigenvalue weighted by Gasteiger charge is -2.08. The van der Waals surface area contributed by atoms with E-state index in [1.807, 2.05) is 25.1 Å². The molecule has 0 saturated carbocycles. The standard InChI is InChI=1S/C16H11BrF2N2O/c1-9-2-3-10-7-21(8-11(10)4-9)16(22)20-15-13(18)5-12(17)6-14(15)19/h2-8H,1H3,(H,20,22). The molecule has 0 aliphatic heterocycles. The highest BCUT2D eigenvalue weighted by Gasteiger charge is 2.15. The maximum Gasteiger partial charge on any atom is 0.330 e. The van der Waals surface area contributed by atoms with Gasteiger partial charge in [0.2, 0.25) is 0 Å². The molecular formula is C16H11BrF2N2O. The summed E-state index contributed by atoms with van der Waals surface area (Å²) in [6.45, 7) is 1.95. The second-order valence-electron chi connectivity index (χ2n) is 4.97. The Morgan fingerprint density at radius 3 is 2.41 bits per heavy atom. The Balaban J connectivity index is 1.93. The van der Waals surface area contributed by atoms with Gasteiger partial charge in [-0.1, -0.05) is 33.6 Å². The first kappa shape index (κ1) is 14.7. The van der Waals surface area contributed by atoms with Crippen molar-refractivity contribution in [3.63, 3.8) is 0 Å². The predicted octanol–water partition coefficient (Wildman–Crippen LogP) is 5.07. The minimum absolute atomic E-state index is 0.266. The van der Waals surface area contributed by atoms with Crippen molar-refractivity contribution in [1.82, 2.24) is 4.57 Å². The third-order valence-electron chi connectivity index (χ3n) is 3.27. The molecule has 1 aromatic heterocycles. The molecule has 0 bridgehead atoms. The van der Waals surface area contributed by atoms with Crippen LogP contribution in [0.1, 0.15) is 5.56 Å². The smallest absolute Gasteiger partial charge is 0.302 e. The molecule has 0 fully saturated rings. The number of halogens is 3. The minimum Gasteiger partial charge on any atom is -0.302 e. The highest BCUT2D eigenvalue weighted by molar-refractivity contribution is 9.10. The number of anilines is 1. The third kappa shape index (κ3) is 2.74. The van der Waals surface area contributed by atoms with Crippen molar-refractivity contribution < 1.29 is 13.6 Å². The number of benzene rings is 2. The van der Waals surface area contributed by atoms with Crippen LogP contribution >= 0.6 is 15.9 Å². The topological polar surface area (TPSA) is 34.0 Å². The SMILES string of the molecule is Cc1ccc2cn(C(=O)Nc3c(F)cc(Br)cc3F)cc2c1. The third-order valence-corrected chi connectivity index (χ3v) is 3.73. The van der Waals surface area contributed by atoms with Crippen LogP contribution in [0.5, 0.6) is 0 Å². The van der Waals surface area contributed by atoms with Crippen molar-refractivity contribution in [3.05, 3.63) is 64.4 Å². The van der Waals surface area contributed by atoms with Gasteiger partial charge < -0.3 is 5.32 Å². The number of nitrogens with zero attached hydrogens (tertiary/aromatic N) is 1. The summed E-state index contributed by atoms with van der Waals surface area (Å²) in [7, 11) is 0. The summed E-state index contributed by atoms with van der Waals surface area (Å²) in [5.41, 5.74) is 0.595. The van der Waals surface area contributed by atoms with Crippen LogP contribution < -0.4 is 5.32 Å². The van der Waals surface area contributed by atoms with Crippen molar-refractivity contribution in [3.8, 4) is 0 Å². The number of hydrogen-bond donors (Lipinski definition) is 1. The van der Waals surface area contributed by atoms with Gasteiger partial charge in [0, 0.05) is 22.3 Å². The molecule has 0 aliphatic rings. The van der Waals surface area contributed by atoms with Gasteiger partial charge in [-0.25, -0.2) is 13.6 Å². The van der Waals surface area contributed by atoms with E-state index in [0.717, 1.165) is 28.5 Å². The quantitative estimate of drug-likeness (QED) is 0.642. The van der Waals surface area contributed by atoms with Crippen molar-refractivity contribution in [2.45, 2.75) is 6.92 Å². The molecular weight excluding hydrogens is 354 g/mol. The van der Waals surface area contributed by atoms with E-state index in [1.54, 1.807) is 12.4 Å². The highest BCUT2D eigenvalue weighted by atomic mass is 79.9. The summed E-state index contributed by atoms with van der Waals surface area (Å²) in [4.78, 5) is 12.2. The lowest BCUT2D eigenvalue weighted by atomic mass is 10.1. The molecule has 3 nitrogen and oxygen atoms in total. The van der Waals surface area contributed by atoms with Gasteiger partial charge in [0.1, 0.15) is 5.69 Å². The van der Waals surface area contributed by atoms with E-state index < -0.39 is 23.4 Å². The first-order valence-electron chi connectivity index (χ1n) is 6.48. The molecule has 0 spiro atoms. The summed E-state index contributed by atoms with van der Waals surface area (Å²) in [6.07, 6.45) is 3.23. The number of carbonyl (C=O) groups excluding carboxylic acids is 1. The largest absolute Gasteiger partial charge is 0.330 e. The number of carbonyl (C=O) groups is 1. The van der Waals surface area contributed by atoms with Crippen molar-refractivity contribution in [2.75, 3.05) is 5.32 Å². The van der Waals surface area contributed by atoms with Gasteiger partial charge in [-0.15, -0.1) is 0 Å². The summed E-state index contributed by atoms with van der Waals surface area (Å²) in [6, 6.07) is 7.30. The van der Waals surface area contributed by atoms with Gasteiger partial charge in [-0.3, -0.25) is 4.57 Å². The summed E-state index contributed by atoms with van der Waals surface area (Å²) >= 11 is 2.99. The highest BCUT2D eigenvalue weighted by Crippen LogP contribution is 2.24. The fourth-order valence-corrected chi connectivity index (χ4v) is 2.61. The van der Waals surface area contributed by atoms with Crippen molar-refractivity contribution in [1.29, 1.82) is 0 Å². The number of fused-ring (bicyclic) bond motifs is 1. The fraction of sp³-hybridized carbons (Fsp3) is 0.0625. The Hall–Kier alpha value is -2.21. The maximum absolute atomic E-state index is 13.8. The summed E-state index contributed by atoms with van der Waals surface area (Å²) in [5.74, 6) is -1.68. The molecule has 1 heterocycles. The van der Waals surface area contributed by atoms with E-state index in [9.17, 15) is 13.6 Å².